The Morgan fingerprint density at radius 1 is 1.22 bits per heavy atom. The second-order valence-corrected chi connectivity index (χ2v) is 7.19. The van der Waals surface area contributed by atoms with Gasteiger partial charge in [0.15, 0.2) is 0 Å². The van der Waals surface area contributed by atoms with Crippen LogP contribution in [0.1, 0.15) is 0 Å². The smallest absolute Gasteiger partial charge is 0.242 e. The highest BCUT2D eigenvalue weighted by Crippen LogP contribution is 2.19. The first kappa shape index (κ1) is 15.2. The molecule has 0 bridgehead atoms. The lowest BCUT2D eigenvalue weighted by Gasteiger charge is -2.23. The number of sulfonamides is 1. The molecule has 0 aliphatic rings. The molecule has 0 aliphatic heterocycles. The van der Waals surface area contributed by atoms with Gasteiger partial charge in [-0.3, -0.25) is 9.10 Å². The van der Waals surface area contributed by atoms with E-state index in [4.69, 9.17) is 0 Å². The molecule has 0 atom stereocenters. The lowest BCUT2D eigenvalue weighted by Crippen LogP contribution is -2.39. The molecule has 18 heavy (non-hydrogen) atoms. The molecule has 0 N–H and O–H groups in total. The molecular formula is C11H15IN2O3S. The first-order valence-electron chi connectivity index (χ1n) is 5.15. The maximum atomic E-state index is 11.7. The van der Waals surface area contributed by atoms with Crippen molar-refractivity contribution in [1.82, 2.24) is 4.90 Å². The van der Waals surface area contributed by atoms with Gasteiger partial charge in [-0.25, -0.2) is 8.42 Å². The highest BCUT2D eigenvalue weighted by molar-refractivity contribution is 14.1. The van der Waals surface area contributed by atoms with E-state index >= 15 is 0 Å². The van der Waals surface area contributed by atoms with Gasteiger partial charge in [-0.15, -0.1) is 0 Å². The largest absolute Gasteiger partial charge is 0.347 e. The number of halogens is 1. The number of hydrogen-bond donors (Lipinski definition) is 0. The normalized spacial score (nSPS) is 11.1. The second-order valence-electron chi connectivity index (χ2n) is 4.03. The van der Waals surface area contributed by atoms with Crippen molar-refractivity contribution < 1.29 is 13.2 Å². The van der Waals surface area contributed by atoms with Crippen LogP contribution in [0.5, 0.6) is 0 Å². The maximum Gasteiger partial charge on any atom is 0.242 e. The number of nitrogens with zero attached hydrogens (tertiary/aromatic N) is 2. The number of anilines is 1. The summed E-state index contributed by atoms with van der Waals surface area (Å²) < 4.78 is 25.6. The molecule has 1 aromatic rings. The fraction of sp³-hybridized carbons (Fsp3) is 0.364. The summed E-state index contributed by atoms with van der Waals surface area (Å²) in [6, 6.07) is 6.97. The molecule has 0 radical (unpaired) electrons. The Balaban J connectivity index is 3.07. The van der Waals surface area contributed by atoms with Crippen molar-refractivity contribution in [2.45, 2.75) is 0 Å². The molecule has 0 saturated carbocycles. The third kappa shape index (κ3) is 4.13. The van der Waals surface area contributed by atoms with E-state index in [2.05, 4.69) is 22.6 Å². The van der Waals surface area contributed by atoms with Crippen LogP contribution in [0, 0.1) is 3.57 Å². The van der Waals surface area contributed by atoms with Crippen molar-refractivity contribution in [3.63, 3.8) is 0 Å². The van der Waals surface area contributed by atoms with E-state index in [1.54, 1.807) is 38.4 Å². The lowest BCUT2D eigenvalue weighted by atomic mass is 10.3. The molecule has 0 aromatic heterocycles. The van der Waals surface area contributed by atoms with Crippen molar-refractivity contribution >= 4 is 44.2 Å². The average Bonchev–Trinajstić information content (AvgIpc) is 2.25. The summed E-state index contributed by atoms with van der Waals surface area (Å²) in [7, 11) is -0.288. The van der Waals surface area contributed by atoms with Gasteiger partial charge in [0.25, 0.3) is 0 Å². The third-order valence-electron chi connectivity index (χ3n) is 2.29. The van der Waals surface area contributed by atoms with Crippen molar-refractivity contribution in [3.8, 4) is 0 Å². The van der Waals surface area contributed by atoms with Crippen LogP contribution < -0.4 is 4.31 Å². The van der Waals surface area contributed by atoms with Crippen molar-refractivity contribution in [1.29, 1.82) is 0 Å². The van der Waals surface area contributed by atoms with E-state index in [0.717, 1.165) is 14.1 Å². The van der Waals surface area contributed by atoms with E-state index in [1.165, 1.54) is 4.90 Å². The Morgan fingerprint density at radius 2 is 1.72 bits per heavy atom. The van der Waals surface area contributed by atoms with Gasteiger partial charge in [0.1, 0.15) is 6.54 Å². The molecule has 100 valence electrons. The summed E-state index contributed by atoms with van der Waals surface area (Å²) in [6.45, 7) is -0.188. The highest BCUT2D eigenvalue weighted by Gasteiger charge is 2.21. The molecule has 0 saturated heterocycles. The van der Waals surface area contributed by atoms with Gasteiger partial charge in [-0.2, -0.15) is 0 Å². The summed E-state index contributed by atoms with van der Waals surface area (Å²) in [5.41, 5.74) is 0.494. The average molecular weight is 382 g/mol. The summed E-state index contributed by atoms with van der Waals surface area (Å²) in [5, 5.41) is 0. The minimum Gasteiger partial charge on any atom is -0.347 e. The van der Waals surface area contributed by atoms with Crippen LogP contribution >= 0.6 is 22.6 Å². The second kappa shape index (κ2) is 5.87. The number of benzene rings is 1. The van der Waals surface area contributed by atoms with Gasteiger partial charge in [0.05, 0.1) is 11.9 Å². The Labute approximate surface area is 121 Å². The van der Waals surface area contributed by atoms with Crippen molar-refractivity contribution in [3.05, 3.63) is 27.8 Å². The molecule has 0 heterocycles. The number of amides is 1. The van der Waals surface area contributed by atoms with E-state index in [0.29, 0.717) is 5.69 Å². The predicted octanol–water partition coefficient (Wildman–Crippen LogP) is 1.15. The standard InChI is InChI=1S/C11H15IN2O3S/c1-13(2)11(15)8-14(18(3,16)17)10-6-4-9(12)5-7-10/h4-7H,8H2,1-3H3. The summed E-state index contributed by atoms with van der Waals surface area (Å²) >= 11 is 2.13. The minimum absolute atomic E-state index is 0.188. The van der Waals surface area contributed by atoms with Crippen LogP contribution in [0.4, 0.5) is 5.69 Å². The monoisotopic (exact) mass is 382 g/mol. The molecule has 0 fully saturated rings. The molecule has 1 aromatic carbocycles. The zero-order valence-corrected chi connectivity index (χ0v) is 13.4. The first-order valence-corrected chi connectivity index (χ1v) is 8.08. The lowest BCUT2D eigenvalue weighted by molar-refractivity contribution is -0.127. The van der Waals surface area contributed by atoms with E-state index in [9.17, 15) is 13.2 Å². The number of rotatable bonds is 4. The van der Waals surface area contributed by atoms with Gasteiger partial charge in [-0.1, -0.05) is 0 Å². The minimum atomic E-state index is -3.48. The molecule has 5 nitrogen and oxygen atoms in total. The van der Waals surface area contributed by atoms with E-state index in [-0.39, 0.29) is 12.5 Å². The van der Waals surface area contributed by atoms with Gasteiger partial charge < -0.3 is 4.90 Å². The summed E-state index contributed by atoms with van der Waals surface area (Å²) in [5.74, 6) is -0.265. The zero-order valence-electron chi connectivity index (χ0n) is 10.4. The fourth-order valence-corrected chi connectivity index (χ4v) is 2.48. The third-order valence-corrected chi connectivity index (χ3v) is 4.15. The van der Waals surface area contributed by atoms with Crippen LogP contribution in [0.25, 0.3) is 0 Å². The number of likely N-dealkylation sites (N-methyl/N-ethyl adjacent to an activating group) is 1. The molecular weight excluding hydrogens is 367 g/mol. The summed E-state index contributed by atoms with van der Waals surface area (Å²) in [4.78, 5) is 13.0. The number of hydrogen-bond acceptors (Lipinski definition) is 3. The van der Waals surface area contributed by atoms with Gasteiger partial charge in [0, 0.05) is 17.7 Å². The number of carbonyl (C=O) groups excluding carboxylic acids is 1. The highest BCUT2D eigenvalue weighted by atomic mass is 127. The maximum absolute atomic E-state index is 11.7. The predicted molar refractivity (Wildman–Crippen MR) is 80.0 cm³/mol. The first-order chi connectivity index (χ1) is 8.21. The quantitative estimate of drug-likeness (QED) is 0.735. The fourth-order valence-electron chi connectivity index (χ4n) is 1.27. The van der Waals surface area contributed by atoms with Gasteiger partial charge in [0.2, 0.25) is 15.9 Å². The van der Waals surface area contributed by atoms with E-state index < -0.39 is 10.0 Å². The Morgan fingerprint density at radius 3 is 2.11 bits per heavy atom. The SMILES string of the molecule is CN(C)C(=O)CN(c1ccc(I)cc1)S(C)(=O)=O. The number of carbonyl (C=O) groups is 1. The van der Waals surface area contributed by atoms with Gasteiger partial charge >= 0.3 is 0 Å². The van der Waals surface area contributed by atoms with Crippen LogP contribution in [0.3, 0.4) is 0 Å². The van der Waals surface area contributed by atoms with Crippen LogP contribution in [-0.4, -0.2) is 46.1 Å². The van der Waals surface area contributed by atoms with E-state index in [1.807, 2.05) is 0 Å². The Bertz CT molecular complexity index is 526. The van der Waals surface area contributed by atoms with Crippen LogP contribution in [-0.2, 0) is 14.8 Å². The topological polar surface area (TPSA) is 57.7 Å². The van der Waals surface area contributed by atoms with Gasteiger partial charge in [-0.05, 0) is 46.9 Å². The molecule has 0 unspecified atom stereocenters. The molecule has 7 heteroatoms. The zero-order chi connectivity index (χ0) is 13.9. The van der Waals surface area contributed by atoms with Crippen LogP contribution in [0.15, 0.2) is 24.3 Å². The molecule has 0 spiro atoms. The van der Waals surface area contributed by atoms with Crippen LogP contribution in [0.2, 0.25) is 0 Å². The Hall–Kier alpha value is -0.830. The molecule has 0 aliphatic carbocycles. The summed E-state index contributed by atoms with van der Waals surface area (Å²) in [6.07, 6.45) is 1.09. The Kier molecular flexibility index (Phi) is 4.97. The van der Waals surface area contributed by atoms with Crippen molar-refractivity contribution in [2.24, 2.45) is 0 Å². The molecule has 1 rings (SSSR count). The van der Waals surface area contributed by atoms with Crippen molar-refractivity contribution in [2.75, 3.05) is 31.2 Å². The molecule has 1 amide bonds.